The summed E-state index contributed by atoms with van der Waals surface area (Å²) in [6.45, 7) is 6.51. The third kappa shape index (κ3) is 2.90. The van der Waals surface area contributed by atoms with Gasteiger partial charge in [-0.05, 0) is 35.2 Å². The fraction of sp³-hybridized carbons (Fsp3) is 0.222. The SMILES string of the molecule is CC(C)(C)c1ccc(-n2nnc(C=O)c2-c2ccncc2)cc1. The minimum absolute atomic E-state index is 0.0861. The number of carbonyl (C=O) groups is 1. The van der Waals surface area contributed by atoms with Gasteiger partial charge in [0.2, 0.25) is 0 Å². The number of hydrogen-bond donors (Lipinski definition) is 0. The lowest BCUT2D eigenvalue weighted by molar-refractivity contribution is 0.111. The molecule has 2 heterocycles. The van der Waals surface area contributed by atoms with E-state index in [0.717, 1.165) is 17.5 Å². The van der Waals surface area contributed by atoms with Crippen molar-refractivity contribution in [3.63, 3.8) is 0 Å². The second kappa shape index (κ2) is 5.76. The summed E-state index contributed by atoms with van der Waals surface area (Å²) in [7, 11) is 0. The zero-order valence-electron chi connectivity index (χ0n) is 13.4. The topological polar surface area (TPSA) is 60.7 Å². The van der Waals surface area contributed by atoms with Gasteiger partial charge in [-0.25, -0.2) is 4.68 Å². The highest BCUT2D eigenvalue weighted by Crippen LogP contribution is 2.26. The molecule has 0 radical (unpaired) electrons. The normalized spacial score (nSPS) is 11.4. The number of carbonyl (C=O) groups excluding carboxylic acids is 1. The summed E-state index contributed by atoms with van der Waals surface area (Å²) in [5.74, 6) is 0. The van der Waals surface area contributed by atoms with E-state index >= 15 is 0 Å². The fourth-order valence-corrected chi connectivity index (χ4v) is 2.44. The van der Waals surface area contributed by atoms with E-state index in [9.17, 15) is 4.79 Å². The molecule has 2 aromatic heterocycles. The van der Waals surface area contributed by atoms with Crippen molar-refractivity contribution in [3.05, 3.63) is 60.0 Å². The molecule has 0 N–H and O–H groups in total. The number of nitrogens with zero attached hydrogens (tertiary/aromatic N) is 4. The van der Waals surface area contributed by atoms with Crippen molar-refractivity contribution in [3.8, 4) is 16.9 Å². The van der Waals surface area contributed by atoms with Crippen LogP contribution in [-0.4, -0.2) is 26.3 Å². The minimum atomic E-state index is 0.0861. The Bertz CT molecular complexity index is 814. The van der Waals surface area contributed by atoms with Crippen molar-refractivity contribution in [1.82, 2.24) is 20.0 Å². The van der Waals surface area contributed by atoms with Gasteiger partial charge < -0.3 is 0 Å². The van der Waals surface area contributed by atoms with E-state index in [0.29, 0.717) is 11.4 Å². The summed E-state index contributed by atoms with van der Waals surface area (Å²) in [5, 5.41) is 8.12. The Morgan fingerprint density at radius 1 is 1.00 bits per heavy atom. The maximum Gasteiger partial charge on any atom is 0.172 e. The first kappa shape index (κ1) is 15.1. The van der Waals surface area contributed by atoms with Crippen LogP contribution in [0.4, 0.5) is 0 Å². The average molecular weight is 306 g/mol. The molecule has 116 valence electrons. The largest absolute Gasteiger partial charge is 0.296 e. The average Bonchev–Trinajstić information content (AvgIpc) is 2.99. The molecule has 0 aliphatic heterocycles. The van der Waals surface area contributed by atoms with Crippen LogP contribution >= 0.6 is 0 Å². The van der Waals surface area contributed by atoms with Gasteiger partial charge in [-0.3, -0.25) is 9.78 Å². The molecule has 0 atom stereocenters. The minimum Gasteiger partial charge on any atom is -0.296 e. The van der Waals surface area contributed by atoms with E-state index in [4.69, 9.17) is 0 Å². The molecule has 0 fully saturated rings. The van der Waals surface area contributed by atoms with Crippen molar-refractivity contribution in [2.45, 2.75) is 26.2 Å². The van der Waals surface area contributed by atoms with Gasteiger partial charge in [0.1, 0.15) is 5.69 Å². The first-order valence-corrected chi connectivity index (χ1v) is 7.43. The molecular formula is C18H18N4O. The van der Waals surface area contributed by atoms with Crippen LogP contribution < -0.4 is 0 Å². The van der Waals surface area contributed by atoms with Gasteiger partial charge in [0.15, 0.2) is 12.0 Å². The zero-order valence-corrected chi connectivity index (χ0v) is 13.4. The molecular weight excluding hydrogens is 288 g/mol. The maximum atomic E-state index is 11.3. The Kier molecular flexibility index (Phi) is 3.78. The van der Waals surface area contributed by atoms with Crippen LogP contribution in [0.3, 0.4) is 0 Å². The number of rotatable bonds is 3. The van der Waals surface area contributed by atoms with Gasteiger partial charge in [0.25, 0.3) is 0 Å². The second-order valence-corrected chi connectivity index (χ2v) is 6.39. The van der Waals surface area contributed by atoms with Gasteiger partial charge >= 0.3 is 0 Å². The highest BCUT2D eigenvalue weighted by Gasteiger charge is 2.17. The molecule has 5 nitrogen and oxygen atoms in total. The number of benzene rings is 1. The number of aromatic nitrogens is 4. The molecule has 0 spiro atoms. The Morgan fingerprint density at radius 3 is 2.22 bits per heavy atom. The summed E-state index contributed by atoms with van der Waals surface area (Å²) in [6, 6.07) is 11.8. The van der Waals surface area contributed by atoms with Crippen LogP contribution in [0.15, 0.2) is 48.8 Å². The van der Waals surface area contributed by atoms with Crippen molar-refractivity contribution in [2.75, 3.05) is 0 Å². The first-order valence-electron chi connectivity index (χ1n) is 7.43. The van der Waals surface area contributed by atoms with E-state index in [-0.39, 0.29) is 5.41 Å². The van der Waals surface area contributed by atoms with Gasteiger partial charge in [-0.15, -0.1) is 5.10 Å². The summed E-state index contributed by atoms with van der Waals surface area (Å²) in [5.41, 5.74) is 4.03. The number of hydrogen-bond acceptors (Lipinski definition) is 4. The predicted octanol–water partition coefficient (Wildman–Crippen LogP) is 3.44. The molecule has 0 amide bonds. The van der Waals surface area contributed by atoms with E-state index in [2.05, 4.69) is 48.2 Å². The van der Waals surface area contributed by atoms with Crippen LogP contribution in [0, 0.1) is 0 Å². The van der Waals surface area contributed by atoms with Gasteiger partial charge in [0, 0.05) is 18.0 Å². The monoisotopic (exact) mass is 306 g/mol. The Morgan fingerprint density at radius 2 is 1.65 bits per heavy atom. The number of aldehydes is 1. The zero-order chi connectivity index (χ0) is 16.4. The molecule has 3 rings (SSSR count). The van der Waals surface area contributed by atoms with Crippen molar-refractivity contribution in [2.24, 2.45) is 0 Å². The van der Waals surface area contributed by atoms with Crippen LogP contribution in [0.5, 0.6) is 0 Å². The van der Waals surface area contributed by atoms with Crippen LogP contribution in [-0.2, 0) is 5.41 Å². The second-order valence-electron chi connectivity index (χ2n) is 6.39. The van der Waals surface area contributed by atoms with Crippen molar-refractivity contribution >= 4 is 6.29 Å². The van der Waals surface area contributed by atoms with Crippen molar-refractivity contribution in [1.29, 1.82) is 0 Å². The van der Waals surface area contributed by atoms with Crippen LogP contribution in [0.25, 0.3) is 16.9 Å². The Balaban J connectivity index is 2.11. The molecule has 0 saturated carbocycles. The first-order chi connectivity index (χ1) is 11.0. The van der Waals surface area contributed by atoms with E-state index in [1.165, 1.54) is 5.56 Å². The quantitative estimate of drug-likeness (QED) is 0.695. The molecule has 0 saturated heterocycles. The summed E-state index contributed by atoms with van der Waals surface area (Å²) < 4.78 is 1.69. The van der Waals surface area contributed by atoms with E-state index in [1.54, 1.807) is 17.1 Å². The molecule has 0 aliphatic carbocycles. The van der Waals surface area contributed by atoms with Crippen molar-refractivity contribution < 1.29 is 4.79 Å². The lowest BCUT2D eigenvalue weighted by Gasteiger charge is -2.19. The molecule has 0 aliphatic rings. The van der Waals surface area contributed by atoms with E-state index in [1.807, 2.05) is 24.3 Å². The molecule has 0 unspecified atom stereocenters. The van der Waals surface area contributed by atoms with Gasteiger partial charge in [-0.1, -0.05) is 38.1 Å². The maximum absolute atomic E-state index is 11.3. The summed E-state index contributed by atoms with van der Waals surface area (Å²) in [4.78, 5) is 15.3. The van der Waals surface area contributed by atoms with Crippen LogP contribution in [0.2, 0.25) is 0 Å². The molecule has 5 heteroatoms. The molecule has 1 aromatic carbocycles. The smallest absolute Gasteiger partial charge is 0.172 e. The summed E-state index contributed by atoms with van der Waals surface area (Å²) in [6.07, 6.45) is 4.09. The third-order valence-electron chi connectivity index (χ3n) is 3.74. The van der Waals surface area contributed by atoms with Gasteiger partial charge in [0.05, 0.1) is 5.69 Å². The number of pyridine rings is 1. The predicted molar refractivity (Wildman–Crippen MR) is 88.7 cm³/mol. The lowest BCUT2D eigenvalue weighted by Crippen LogP contribution is -2.11. The Hall–Kier alpha value is -2.82. The van der Waals surface area contributed by atoms with Gasteiger partial charge in [-0.2, -0.15) is 0 Å². The van der Waals surface area contributed by atoms with E-state index < -0.39 is 0 Å². The fourth-order valence-electron chi connectivity index (χ4n) is 2.44. The van der Waals surface area contributed by atoms with Crippen LogP contribution in [0.1, 0.15) is 36.8 Å². The highest BCUT2D eigenvalue weighted by molar-refractivity contribution is 5.83. The molecule has 3 aromatic rings. The standard InChI is InChI=1S/C18H18N4O/c1-18(2,3)14-4-6-15(7-5-14)22-17(16(12-23)20-21-22)13-8-10-19-11-9-13/h4-12H,1-3H3. The molecule has 0 bridgehead atoms. The molecule has 23 heavy (non-hydrogen) atoms. The highest BCUT2D eigenvalue weighted by atomic mass is 16.1. The third-order valence-corrected chi connectivity index (χ3v) is 3.74. The lowest BCUT2D eigenvalue weighted by atomic mass is 9.87. The summed E-state index contributed by atoms with van der Waals surface area (Å²) >= 11 is 0. The Labute approximate surface area is 135 Å².